The minimum Gasteiger partial charge on any atom is -0.324 e. The van der Waals surface area contributed by atoms with E-state index in [-0.39, 0.29) is 12.3 Å². The number of nitrogens with two attached hydrogens (primary N) is 1. The molecular formula is C14H20N2O. The SMILES string of the molecule is CN1CCC(c2ccccc2C(=O)CN)CC1. The van der Waals surface area contributed by atoms with Crippen molar-refractivity contribution in [2.75, 3.05) is 26.7 Å². The number of benzene rings is 1. The Balaban J connectivity index is 2.23. The molecule has 2 N–H and O–H groups in total. The fraction of sp³-hybridized carbons (Fsp3) is 0.500. The average Bonchev–Trinajstić information content (AvgIpc) is 2.39. The third-order valence-corrected chi connectivity index (χ3v) is 3.60. The highest BCUT2D eigenvalue weighted by Gasteiger charge is 2.22. The molecule has 2 rings (SSSR count). The van der Waals surface area contributed by atoms with Crippen molar-refractivity contribution in [2.24, 2.45) is 5.73 Å². The molecule has 1 aromatic carbocycles. The van der Waals surface area contributed by atoms with Gasteiger partial charge in [-0.2, -0.15) is 0 Å². The summed E-state index contributed by atoms with van der Waals surface area (Å²) < 4.78 is 0. The minimum absolute atomic E-state index is 0.0551. The third-order valence-electron chi connectivity index (χ3n) is 3.60. The fourth-order valence-electron chi connectivity index (χ4n) is 2.54. The number of hydrogen-bond acceptors (Lipinski definition) is 3. The fourth-order valence-corrected chi connectivity index (χ4v) is 2.54. The third kappa shape index (κ3) is 2.73. The monoisotopic (exact) mass is 232 g/mol. The molecule has 0 spiro atoms. The van der Waals surface area contributed by atoms with Crippen LogP contribution in [0, 0.1) is 0 Å². The molecule has 0 amide bonds. The maximum absolute atomic E-state index is 11.8. The molecule has 0 unspecified atom stereocenters. The van der Waals surface area contributed by atoms with Gasteiger partial charge in [-0.3, -0.25) is 4.79 Å². The lowest BCUT2D eigenvalue weighted by Crippen LogP contribution is -2.30. The molecule has 1 fully saturated rings. The molecule has 1 aromatic rings. The molecule has 17 heavy (non-hydrogen) atoms. The van der Waals surface area contributed by atoms with E-state index >= 15 is 0 Å². The van der Waals surface area contributed by atoms with E-state index in [9.17, 15) is 4.79 Å². The number of piperidine rings is 1. The van der Waals surface area contributed by atoms with Crippen LogP contribution in [-0.4, -0.2) is 37.4 Å². The maximum atomic E-state index is 11.8. The summed E-state index contributed by atoms with van der Waals surface area (Å²) in [4.78, 5) is 14.1. The molecule has 1 aliphatic heterocycles. The van der Waals surface area contributed by atoms with E-state index in [2.05, 4.69) is 18.0 Å². The quantitative estimate of drug-likeness (QED) is 0.806. The van der Waals surface area contributed by atoms with Gasteiger partial charge in [-0.15, -0.1) is 0 Å². The first kappa shape index (κ1) is 12.3. The Hall–Kier alpha value is -1.19. The first-order valence-electron chi connectivity index (χ1n) is 6.23. The van der Waals surface area contributed by atoms with Crippen LogP contribution < -0.4 is 5.73 Å². The molecule has 0 saturated carbocycles. The predicted octanol–water partition coefficient (Wildman–Crippen LogP) is 1.64. The zero-order valence-corrected chi connectivity index (χ0v) is 10.4. The van der Waals surface area contributed by atoms with Crippen LogP contribution in [0.15, 0.2) is 24.3 Å². The van der Waals surface area contributed by atoms with Crippen LogP contribution >= 0.6 is 0 Å². The number of nitrogens with zero attached hydrogens (tertiary/aromatic N) is 1. The standard InChI is InChI=1S/C14H20N2O/c1-16-8-6-11(7-9-16)12-4-2-3-5-13(12)14(17)10-15/h2-5,11H,6-10,15H2,1H3. The lowest BCUT2D eigenvalue weighted by molar-refractivity contribution is 0.0999. The highest BCUT2D eigenvalue weighted by molar-refractivity contribution is 5.99. The highest BCUT2D eigenvalue weighted by Crippen LogP contribution is 2.29. The maximum Gasteiger partial charge on any atom is 0.176 e. The highest BCUT2D eigenvalue weighted by atomic mass is 16.1. The minimum atomic E-state index is 0.0551. The summed E-state index contributed by atoms with van der Waals surface area (Å²) in [5.41, 5.74) is 7.48. The average molecular weight is 232 g/mol. The Kier molecular flexibility index (Phi) is 3.92. The van der Waals surface area contributed by atoms with E-state index in [0.29, 0.717) is 5.92 Å². The molecule has 0 atom stereocenters. The molecule has 92 valence electrons. The molecule has 1 aliphatic rings. The van der Waals surface area contributed by atoms with Crippen LogP contribution in [-0.2, 0) is 0 Å². The van der Waals surface area contributed by atoms with E-state index in [4.69, 9.17) is 5.73 Å². The zero-order chi connectivity index (χ0) is 12.3. The van der Waals surface area contributed by atoms with Gasteiger partial charge < -0.3 is 10.6 Å². The number of rotatable bonds is 3. The van der Waals surface area contributed by atoms with Crippen molar-refractivity contribution in [3.05, 3.63) is 35.4 Å². The van der Waals surface area contributed by atoms with Crippen molar-refractivity contribution in [1.29, 1.82) is 0 Å². The van der Waals surface area contributed by atoms with Gasteiger partial charge in [0.15, 0.2) is 5.78 Å². The van der Waals surface area contributed by atoms with Crippen molar-refractivity contribution in [3.63, 3.8) is 0 Å². The second-order valence-electron chi connectivity index (χ2n) is 4.79. The number of ketones is 1. The Morgan fingerprint density at radius 2 is 2.00 bits per heavy atom. The second-order valence-corrected chi connectivity index (χ2v) is 4.79. The molecule has 0 aliphatic carbocycles. The van der Waals surface area contributed by atoms with Crippen molar-refractivity contribution in [2.45, 2.75) is 18.8 Å². The lowest BCUT2D eigenvalue weighted by Gasteiger charge is -2.30. The smallest absolute Gasteiger partial charge is 0.176 e. The Morgan fingerprint density at radius 3 is 2.65 bits per heavy atom. The van der Waals surface area contributed by atoms with Crippen LogP contribution in [0.4, 0.5) is 0 Å². The van der Waals surface area contributed by atoms with Gasteiger partial charge in [0.2, 0.25) is 0 Å². The van der Waals surface area contributed by atoms with Gasteiger partial charge in [0.05, 0.1) is 6.54 Å². The number of likely N-dealkylation sites (tertiary alicyclic amines) is 1. The van der Waals surface area contributed by atoms with Crippen LogP contribution in [0.3, 0.4) is 0 Å². The summed E-state index contributed by atoms with van der Waals surface area (Å²) in [5.74, 6) is 0.567. The molecule has 3 heteroatoms. The summed E-state index contributed by atoms with van der Waals surface area (Å²) in [7, 11) is 2.15. The van der Waals surface area contributed by atoms with E-state index in [1.807, 2.05) is 18.2 Å². The summed E-state index contributed by atoms with van der Waals surface area (Å²) in [5, 5.41) is 0. The second kappa shape index (κ2) is 5.43. The topological polar surface area (TPSA) is 46.3 Å². The van der Waals surface area contributed by atoms with Gasteiger partial charge in [0, 0.05) is 5.56 Å². The van der Waals surface area contributed by atoms with Crippen LogP contribution in [0.5, 0.6) is 0 Å². The Morgan fingerprint density at radius 1 is 1.35 bits per heavy atom. The number of carbonyl (C=O) groups is 1. The van der Waals surface area contributed by atoms with Gasteiger partial charge in [-0.05, 0) is 44.5 Å². The van der Waals surface area contributed by atoms with Crippen LogP contribution in [0.2, 0.25) is 0 Å². The van der Waals surface area contributed by atoms with Crippen molar-refractivity contribution < 1.29 is 4.79 Å². The van der Waals surface area contributed by atoms with Crippen molar-refractivity contribution in [1.82, 2.24) is 4.90 Å². The van der Waals surface area contributed by atoms with Crippen LogP contribution in [0.1, 0.15) is 34.7 Å². The predicted molar refractivity (Wildman–Crippen MR) is 69.3 cm³/mol. The molecule has 1 heterocycles. The van der Waals surface area contributed by atoms with Crippen molar-refractivity contribution in [3.8, 4) is 0 Å². The first-order valence-corrected chi connectivity index (χ1v) is 6.23. The Bertz CT molecular complexity index is 395. The number of Topliss-reactive ketones (excluding diaryl/α,β-unsaturated/α-hetero) is 1. The van der Waals surface area contributed by atoms with E-state index in [0.717, 1.165) is 31.5 Å². The van der Waals surface area contributed by atoms with Gasteiger partial charge in [-0.25, -0.2) is 0 Å². The normalized spacial score (nSPS) is 18.2. The zero-order valence-electron chi connectivity index (χ0n) is 10.4. The number of hydrogen-bond donors (Lipinski definition) is 1. The summed E-state index contributed by atoms with van der Waals surface area (Å²) in [6.45, 7) is 2.31. The summed E-state index contributed by atoms with van der Waals surface area (Å²) in [6.07, 6.45) is 2.26. The molecular weight excluding hydrogens is 212 g/mol. The molecule has 0 aromatic heterocycles. The molecule has 0 radical (unpaired) electrons. The van der Waals surface area contributed by atoms with Crippen molar-refractivity contribution >= 4 is 5.78 Å². The van der Waals surface area contributed by atoms with Gasteiger partial charge in [-0.1, -0.05) is 24.3 Å². The first-order chi connectivity index (χ1) is 8.22. The molecule has 3 nitrogen and oxygen atoms in total. The summed E-state index contributed by atoms with van der Waals surface area (Å²) >= 11 is 0. The van der Waals surface area contributed by atoms with Gasteiger partial charge in [0.25, 0.3) is 0 Å². The Labute approximate surface area is 103 Å². The summed E-state index contributed by atoms with van der Waals surface area (Å²) in [6, 6.07) is 7.92. The van der Waals surface area contributed by atoms with Gasteiger partial charge in [0.1, 0.15) is 0 Å². The van der Waals surface area contributed by atoms with E-state index < -0.39 is 0 Å². The lowest BCUT2D eigenvalue weighted by atomic mass is 9.85. The molecule has 0 bridgehead atoms. The number of carbonyl (C=O) groups excluding carboxylic acids is 1. The van der Waals surface area contributed by atoms with E-state index in [1.165, 1.54) is 5.56 Å². The van der Waals surface area contributed by atoms with Gasteiger partial charge >= 0.3 is 0 Å². The largest absolute Gasteiger partial charge is 0.324 e. The molecule has 1 saturated heterocycles. The van der Waals surface area contributed by atoms with Crippen LogP contribution in [0.25, 0.3) is 0 Å². The van der Waals surface area contributed by atoms with E-state index in [1.54, 1.807) is 0 Å².